The number of amides is 1. The molecule has 0 unspecified atom stereocenters. The molecule has 0 atom stereocenters. The lowest BCUT2D eigenvalue weighted by molar-refractivity contribution is 0.102. The number of aryl methyl sites for hydroxylation is 2. The van der Waals surface area contributed by atoms with Crippen molar-refractivity contribution in [2.75, 3.05) is 17.1 Å². The summed E-state index contributed by atoms with van der Waals surface area (Å²) in [5, 5.41) is 2.69. The number of aromatic nitrogens is 3. The zero-order valence-corrected chi connectivity index (χ0v) is 20.1. The number of para-hydroxylation sites is 1. The van der Waals surface area contributed by atoms with Crippen LogP contribution in [0.4, 0.5) is 11.4 Å². The predicted molar refractivity (Wildman–Crippen MR) is 133 cm³/mol. The predicted octanol–water partition coefficient (Wildman–Crippen LogP) is 4.22. The summed E-state index contributed by atoms with van der Waals surface area (Å²) in [5.74, 6) is -0.542. The van der Waals surface area contributed by atoms with Gasteiger partial charge in [-0.25, -0.2) is 13.4 Å². The van der Waals surface area contributed by atoms with Gasteiger partial charge in [-0.3, -0.25) is 19.5 Å². The summed E-state index contributed by atoms with van der Waals surface area (Å²) in [6, 6.07) is 13.6. The molecule has 0 spiro atoms. The Hall–Kier alpha value is -4.31. The molecule has 3 heterocycles. The van der Waals surface area contributed by atoms with Gasteiger partial charge in [0.2, 0.25) is 5.88 Å². The highest BCUT2D eigenvalue weighted by atomic mass is 32.2. The van der Waals surface area contributed by atoms with Crippen LogP contribution in [-0.4, -0.2) is 36.4 Å². The summed E-state index contributed by atoms with van der Waals surface area (Å²) in [6.07, 6.45) is 6.15. The van der Waals surface area contributed by atoms with Gasteiger partial charge in [-0.2, -0.15) is 0 Å². The summed E-state index contributed by atoms with van der Waals surface area (Å²) >= 11 is 0. The van der Waals surface area contributed by atoms with Crippen LogP contribution in [0, 0.1) is 13.8 Å². The van der Waals surface area contributed by atoms with Crippen molar-refractivity contribution in [1.82, 2.24) is 15.0 Å². The second-order valence-electron chi connectivity index (χ2n) is 7.73. The van der Waals surface area contributed by atoms with E-state index in [4.69, 9.17) is 4.74 Å². The molecule has 4 rings (SSSR count). The van der Waals surface area contributed by atoms with Crippen molar-refractivity contribution in [3.63, 3.8) is 0 Å². The number of anilines is 2. The van der Waals surface area contributed by atoms with E-state index >= 15 is 0 Å². The highest BCUT2D eigenvalue weighted by Crippen LogP contribution is 2.29. The molecule has 35 heavy (non-hydrogen) atoms. The smallest absolute Gasteiger partial charge is 0.267 e. The van der Waals surface area contributed by atoms with Crippen LogP contribution in [0.3, 0.4) is 0 Å². The third kappa shape index (κ3) is 5.28. The van der Waals surface area contributed by atoms with Crippen molar-refractivity contribution in [3.8, 4) is 17.1 Å². The Labute approximate surface area is 203 Å². The highest BCUT2D eigenvalue weighted by Gasteiger charge is 2.23. The van der Waals surface area contributed by atoms with E-state index in [-0.39, 0.29) is 16.5 Å². The lowest BCUT2D eigenvalue weighted by Gasteiger charge is -2.15. The number of methoxy groups -OCH3 is 1. The molecule has 4 aromatic rings. The second-order valence-corrected chi connectivity index (χ2v) is 9.38. The summed E-state index contributed by atoms with van der Waals surface area (Å²) in [7, 11) is -2.74. The van der Waals surface area contributed by atoms with Crippen LogP contribution in [0.5, 0.6) is 5.88 Å². The Kier molecular flexibility index (Phi) is 6.74. The van der Waals surface area contributed by atoms with Crippen LogP contribution in [0.25, 0.3) is 11.3 Å². The molecule has 0 radical (unpaired) electrons. The molecule has 3 aromatic heterocycles. The van der Waals surface area contributed by atoms with Gasteiger partial charge in [0.15, 0.2) is 4.90 Å². The molecule has 9 nitrogen and oxygen atoms in total. The van der Waals surface area contributed by atoms with E-state index in [9.17, 15) is 13.2 Å². The average Bonchev–Trinajstić information content (AvgIpc) is 2.87. The standard InChI is InChI=1S/C25H23N5O4S/c1-16-6-4-7-17(2)23(16)30-35(32,33)22-13-20(15-28-25(22)34-3)29-24(31)18-9-11-27-21(12-18)19-8-5-10-26-14-19/h4-15,30H,1-3H3,(H,29,31). The van der Waals surface area contributed by atoms with Gasteiger partial charge >= 0.3 is 0 Å². The molecule has 178 valence electrons. The molecule has 0 bridgehead atoms. The number of sulfonamides is 1. The zero-order valence-electron chi connectivity index (χ0n) is 19.3. The van der Waals surface area contributed by atoms with Crippen molar-refractivity contribution in [3.05, 3.63) is 90.0 Å². The van der Waals surface area contributed by atoms with Gasteiger partial charge in [-0.05, 0) is 55.3 Å². The third-order valence-electron chi connectivity index (χ3n) is 5.26. The maximum absolute atomic E-state index is 13.2. The third-order valence-corrected chi connectivity index (χ3v) is 6.60. The first kappa shape index (κ1) is 23.8. The Balaban J connectivity index is 1.62. The number of ether oxygens (including phenoxy) is 1. The summed E-state index contributed by atoms with van der Waals surface area (Å²) in [5.41, 5.74) is 3.90. The molecular weight excluding hydrogens is 466 g/mol. The van der Waals surface area contributed by atoms with E-state index in [0.29, 0.717) is 16.9 Å². The number of carbonyl (C=O) groups is 1. The van der Waals surface area contributed by atoms with Crippen molar-refractivity contribution >= 4 is 27.3 Å². The largest absolute Gasteiger partial charge is 0.480 e. The normalized spacial score (nSPS) is 11.1. The minimum Gasteiger partial charge on any atom is -0.480 e. The van der Waals surface area contributed by atoms with Crippen LogP contribution in [-0.2, 0) is 10.0 Å². The number of nitrogens with zero attached hydrogens (tertiary/aromatic N) is 3. The second kappa shape index (κ2) is 9.90. The topological polar surface area (TPSA) is 123 Å². The van der Waals surface area contributed by atoms with Crippen molar-refractivity contribution in [2.45, 2.75) is 18.7 Å². The van der Waals surface area contributed by atoms with Crippen LogP contribution in [0.15, 0.2) is 78.2 Å². The first-order valence-corrected chi connectivity index (χ1v) is 12.1. The van der Waals surface area contributed by atoms with Crippen molar-refractivity contribution in [1.29, 1.82) is 0 Å². The number of pyridine rings is 3. The SMILES string of the molecule is COc1ncc(NC(=O)c2ccnc(-c3cccnc3)c2)cc1S(=O)(=O)Nc1c(C)cccc1C. The molecular formula is C25H23N5O4S. The molecule has 10 heteroatoms. The summed E-state index contributed by atoms with van der Waals surface area (Å²) < 4.78 is 34.3. The number of hydrogen-bond donors (Lipinski definition) is 2. The number of nitrogens with one attached hydrogen (secondary N) is 2. The van der Waals surface area contributed by atoms with Gasteiger partial charge in [0, 0.05) is 29.7 Å². The van der Waals surface area contributed by atoms with Gasteiger partial charge in [0.1, 0.15) is 0 Å². The summed E-state index contributed by atoms with van der Waals surface area (Å²) in [6.45, 7) is 3.62. The Morgan fingerprint density at radius 3 is 2.40 bits per heavy atom. The van der Waals surface area contributed by atoms with E-state index in [1.165, 1.54) is 25.6 Å². The van der Waals surface area contributed by atoms with Gasteiger partial charge in [0.05, 0.1) is 30.4 Å². The Bertz CT molecular complexity index is 1470. The fourth-order valence-corrected chi connectivity index (χ4v) is 4.81. The number of benzene rings is 1. The Morgan fingerprint density at radius 2 is 1.71 bits per heavy atom. The lowest BCUT2D eigenvalue weighted by Crippen LogP contribution is -2.18. The lowest BCUT2D eigenvalue weighted by atomic mass is 10.1. The first-order chi connectivity index (χ1) is 16.8. The molecule has 0 aliphatic heterocycles. The fraction of sp³-hybridized carbons (Fsp3) is 0.120. The minimum absolute atomic E-state index is 0.0930. The van der Waals surface area contributed by atoms with Crippen LogP contribution in [0.1, 0.15) is 21.5 Å². The zero-order chi connectivity index (χ0) is 25.0. The highest BCUT2D eigenvalue weighted by molar-refractivity contribution is 7.92. The maximum Gasteiger partial charge on any atom is 0.267 e. The maximum atomic E-state index is 13.2. The van der Waals surface area contributed by atoms with Gasteiger partial charge in [-0.1, -0.05) is 18.2 Å². The average molecular weight is 490 g/mol. The molecule has 0 saturated heterocycles. The fourth-order valence-electron chi connectivity index (χ4n) is 3.46. The van der Waals surface area contributed by atoms with Crippen molar-refractivity contribution < 1.29 is 17.9 Å². The molecule has 2 N–H and O–H groups in total. The molecule has 0 aliphatic rings. The number of rotatable bonds is 7. The van der Waals surface area contributed by atoms with E-state index < -0.39 is 15.9 Å². The van der Waals surface area contributed by atoms with Crippen molar-refractivity contribution in [2.24, 2.45) is 0 Å². The monoisotopic (exact) mass is 489 g/mol. The summed E-state index contributed by atoms with van der Waals surface area (Å²) in [4.78, 5) is 25.2. The molecule has 0 saturated carbocycles. The van der Waals surface area contributed by atoms with Crippen LogP contribution >= 0.6 is 0 Å². The molecule has 0 fully saturated rings. The molecule has 1 amide bonds. The quantitative estimate of drug-likeness (QED) is 0.398. The molecule has 1 aromatic carbocycles. The van der Waals surface area contributed by atoms with Crippen LogP contribution in [0.2, 0.25) is 0 Å². The van der Waals surface area contributed by atoms with Gasteiger partial charge < -0.3 is 10.1 Å². The van der Waals surface area contributed by atoms with Crippen LogP contribution < -0.4 is 14.8 Å². The number of hydrogen-bond acceptors (Lipinski definition) is 7. The van der Waals surface area contributed by atoms with Gasteiger partial charge in [0.25, 0.3) is 15.9 Å². The molecule has 0 aliphatic carbocycles. The van der Waals surface area contributed by atoms with Gasteiger partial charge in [-0.15, -0.1) is 0 Å². The van der Waals surface area contributed by atoms with E-state index in [0.717, 1.165) is 16.7 Å². The Morgan fingerprint density at radius 1 is 0.943 bits per heavy atom. The minimum atomic E-state index is -4.07. The van der Waals surface area contributed by atoms with E-state index in [1.54, 1.807) is 30.6 Å². The van der Waals surface area contributed by atoms with E-state index in [2.05, 4.69) is 25.0 Å². The number of carbonyl (C=O) groups excluding carboxylic acids is 1. The first-order valence-electron chi connectivity index (χ1n) is 10.6. The van der Waals surface area contributed by atoms with E-state index in [1.807, 2.05) is 38.1 Å².